The van der Waals surface area contributed by atoms with Gasteiger partial charge in [0.05, 0.1) is 46.0 Å². The fourth-order valence-electron chi connectivity index (χ4n) is 4.32. The third kappa shape index (κ3) is 4.22. The monoisotopic (exact) mass is 522 g/mol. The van der Waals surface area contributed by atoms with Crippen molar-refractivity contribution < 1.29 is 24.2 Å². The first kappa shape index (κ1) is 23.3. The number of fused-ring (bicyclic) bond motifs is 1. The number of nitrogens with zero attached hydrogens (tertiary/aromatic N) is 3. The van der Waals surface area contributed by atoms with Crippen molar-refractivity contribution in [2.75, 3.05) is 0 Å². The second-order valence-electron chi connectivity index (χ2n) is 8.45. The number of nitrogens with one attached hydrogen (secondary N) is 1. The highest BCUT2D eigenvalue weighted by atomic mass is 32.1. The Balaban J connectivity index is 1.47. The van der Waals surface area contributed by atoms with E-state index < -0.39 is 18.0 Å². The molecule has 3 N–H and O–H groups in total. The number of carboxylic acids is 2. The van der Waals surface area contributed by atoms with Crippen LogP contribution in [0.4, 0.5) is 0 Å². The van der Waals surface area contributed by atoms with Gasteiger partial charge in [-0.15, -0.1) is 11.3 Å². The lowest BCUT2D eigenvalue weighted by Crippen LogP contribution is -2.18. The molecule has 1 aromatic carbocycles. The van der Waals surface area contributed by atoms with Gasteiger partial charge in [0.1, 0.15) is 6.26 Å². The van der Waals surface area contributed by atoms with Crippen molar-refractivity contribution in [3.8, 4) is 22.8 Å². The number of rotatable bonds is 6. The van der Waals surface area contributed by atoms with Crippen LogP contribution in [0.15, 0.2) is 90.0 Å². The van der Waals surface area contributed by atoms with Gasteiger partial charge in [0, 0.05) is 21.2 Å². The molecule has 0 amide bonds. The fourth-order valence-corrected chi connectivity index (χ4v) is 5.52. The van der Waals surface area contributed by atoms with Crippen LogP contribution in [-0.2, 0) is 0 Å². The molecule has 0 bridgehead atoms. The molecule has 1 aliphatic heterocycles. The molecule has 4 aromatic heterocycles. The number of hydrogen-bond acceptors (Lipinski definition) is 8. The standard InChI is InChI=1S/C28H18N4O5S/c33-27(34)16-6-8-30-20(12-16)22-14-17(28(35)36)13-21(32-22)19-11-15(5-7-29-19)25-24(26-31-9-10-37-26)18-3-1-2-4-23(18)38-25/h1-14,19,29H,(H,33,34)(H,35,36). The fraction of sp³-hybridized carbons (Fsp3) is 0.0357. The first-order valence-corrected chi connectivity index (χ1v) is 12.3. The highest BCUT2D eigenvalue weighted by molar-refractivity contribution is 7.20. The van der Waals surface area contributed by atoms with Crippen LogP contribution in [0.1, 0.15) is 37.3 Å². The summed E-state index contributed by atoms with van der Waals surface area (Å²) in [6, 6.07) is 13.2. The largest absolute Gasteiger partial charge is 0.478 e. The van der Waals surface area contributed by atoms with Crippen molar-refractivity contribution in [2.24, 2.45) is 0 Å². The molecule has 0 fully saturated rings. The lowest BCUT2D eigenvalue weighted by Gasteiger charge is -2.20. The number of allylic oxidation sites excluding steroid dienone is 2. The van der Waals surface area contributed by atoms with Gasteiger partial charge in [-0.1, -0.05) is 18.2 Å². The Morgan fingerprint density at radius 2 is 1.76 bits per heavy atom. The third-order valence-corrected chi connectivity index (χ3v) is 7.29. The van der Waals surface area contributed by atoms with Crippen molar-refractivity contribution in [3.63, 3.8) is 0 Å². The number of thiophene rings is 1. The quantitative estimate of drug-likeness (QED) is 0.258. The number of pyridine rings is 2. The number of hydrogen-bond donors (Lipinski definition) is 3. The lowest BCUT2D eigenvalue weighted by atomic mass is 9.99. The van der Waals surface area contributed by atoms with Gasteiger partial charge in [-0.3, -0.25) is 4.98 Å². The molecule has 0 aliphatic carbocycles. The topological polar surface area (TPSA) is 138 Å². The van der Waals surface area contributed by atoms with E-state index in [1.807, 2.05) is 36.4 Å². The van der Waals surface area contributed by atoms with Crippen molar-refractivity contribution >= 4 is 38.9 Å². The molecule has 9 nitrogen and oxygen atoms in total. The third-order valence-electron chi connectivity index (χ3n) is 6.07. The number of carbonyl (C=O) groups is 2. The Hall–Kier alpha value is -5.09. The Morgan fingerprint density at radius 1 is 0.947 bits per heavy atom. The van der Waals surface area contributed by atoms with E-state index in [1.165, 1.54) is 36.7 Å². The molecule has 5 heterocycles. The van der Waals surface area contributed by atoms with Crippen LogP contribution in [-0.4, -0.2) is 37.1 Å². The Morgan fingerprint density at radius 3 is 2.55 bits per heavy atom. The number of carboxylic acid groups (broad SMARTS) is 2. The molecule has 0 saturated carbocycles. The average Bonchev–Trinajstić information content (AvgIpc) is 3.61. The maximum Gasteiger partial charge on any atom is 0.335 e. The van der Waals surface area contributed by atoms with Crippen LogP contribution in [0, 0.1) is 0 Å². The molecule has 0 radical (unpaired) electrons. The van der Waals surface area contributed by atoms with Gasteiger partial charge in [-0.05, 0) is 54.3 Å². The molecule has 0 spiro atoms. The van der Waals surface area contributed by atoms with Gasteiger partial charge in [-0.2, -0.15) is 0 Å². The summed E-state index contributed by atoms with van der Waals surface area (Å²) in [5.74, 6) is -1.73. The number of benzene rings is 1. The highest BCUT2D eigenvalue weighted by Crippen LogP contribution is 2.43. The molecule has 0 saturated heterocycles. The first-order valence-electron chi connectivity index (χ1n) is 11.5. The van der Waals surface area contributed by atoms with Crippen molar-refractivity contribution in [3.05, 3.63) is 107 Å². The van der Waals surface area contributed by atoms with E-state index in [2.05, 4.69) is 20.3 Å². The van der Waals surface area contributed by atoms with Crippen LogP contribution >= 0.6 is 11.3 Å². The van der Waals surface area contributed by atoms with Crippen molar-refractivity contribution in [1.29, 1.82) is 0 Å². The summed E-state index contributed by atoms with van der Waals surface area (Å²) in [6.07, 6.45) is 10.2. The van der Waals surface area contributed by atoms with Gasteiger partial charge in [-0.25, -0.2) is 19.6 Å². The van der Waals surface area contributed by atoms with Crippen molar-refractivity contribution in [1.82, 2.24) is 20.3 Å². The van der Waals surface area contributed by atoms with E-state index in [0.717, 1.165) is 26.1 Å². The minimum Gasteiger partial charge on any atom is -0.478 e. The van der Waals surface area contributed by atoms with E-state index in [-0.39, 0.29) is 22.5 Å². The Bertz CT molecular complexity index is 1770. The highest BCUT2D eigenvalue weighted by Gasteiger charge is 2.23. The predicted octanol–water partition coefficient (Wildman–Crippen LogP) is 5.65. The number of aromatic nitrogens is 3. The lowest BCUT2D eigenvalue weighted by molar-refractivity contribution is 0.0685. The predicted molar refractivity (Wildman–Crippen MR) is 142 cm³/mol. The molecule has 10 heteroatoms. The summed E-state index contributed by atoms with van der Waals surface area (Å²) >= 11 is 1.61. The van der Waals surface area contributed by atoms with E-state index in [4.69, 9.17) is 4.42 Å². The summed E-state index contributed by atoms with van der Waals surface area (Å²) in [4.78, 5) is 37.6. The van der Waals surface area contributed by atoms with Gasteiger partial charge in [0.15, 0.2) is 0 Å². The minimum absolute atomic E-state index is 0.0150. The molecule has 38 heavy (non-hydrogen) atoms. The van der Waals surface area contributed by atoms with E-state index in [0.29, 0.717) is 11.6 Å². The maximum atomic E-state index is 11.9. The summed E-state index contributed by atoms with van der Waals surface area (Å²) in [5, 5.41) is 23.4. The van der Waals surface area contributed by atoms with Gasteiger partial charge in [0.2, 0.25) is 5.89 Å². The molecule has 1 unspecified atom stereocenters. The average molecular weight is 523 g/mol. The normalized spacial score (nSPS) is 14.7. The number of dihydropyridines is 1. The van der Waals surface area contributed by atoms with Crippen LogP contribution in [0.5, 0.6) is 0 Å². The van der Waals surface area contributed by atoms with E-state index in [1.54, 1.807) is 23.7 Å². The van der Waals surface area contributed by atoms with Crippen LogP contribution in [0.25, 0.3) is 38.5 Å². The number of aromatic carboxylic acids is 2. The second-order valence-corrected chi connectivity index (χ2v) is 9.50. The van der Waals surface area contributed by atoms with Gasteiger partial charge in [0.25, 0.3) is 0 Å². The summed E-state index contributed by atoms with van der Waals surface area (Å²) in [7, 11) is 0. The van der Waals surface area contributed by atoms with Crippen LogP contribution in [0.2, 0.25) is 0 Å². The zero-order valence-electron chi connectivity index (χ0n) is 19.5. The van der Waals surface area contributed by atoms with E-state index >= 15 is 0 Å². The zero-order valence-corrected chi connectivity index (χ0v) is 20.3. The first-order chi connectivity index (χ1) is 18.5. The second kappa shape index (κ2) is 9.41. The van der Waals surface area contributed by atoms with Crippen molar-refractivity contribution in [2.45, 2.75) is 6.04 Å². The van der Waals surface area contributed by atoms with Gasteiger partial charge >= 0.3 is 11.9 Å². The molecular formula is C28H18N4O5S. The smallest absolute Gasteiger partial charge is 0.335 e. The molecule has 186 valence electrons. The Labute approximate surface area is 219 Å². The summed E-state index contributed by atoms with van der Waals surface area (Å²) in [6.45, 7) is 0. The maximum absolute atomic E-state index is 11.9. The Kier molecular flexibility index (Phi) is 5.78. The van der Waals surface area contributed by atoms with E-state index in [9.17, 15) is 19.8 Å². The molecular weight excluding hydrogens is 504 g/mol. The van der Waals surface area contributed by atoms with Crippen LogP contribution in [0.3, 0.4) is 0 Å². The molecule has 5 aromatic rings. The van der Waals surface area contributed by atoms with Gasteiger partial charge < -0.3 is 19.9 Å². The number of oxazole rings is 1. The minimum atomic E-state index is -1.13. The summed E-state index contributed by atoms with van der Waals surface area (Å²) < 4.78 is 6.75. The SMILES string of the molecule is O=C(O)c1ccnc(-c2cc(C(=O)O)cc(C3C=C(c4sc5ccccc5c4-c4ncco4)C=CN3)n2)c1. The summed E-state index contributed by atoms with van der Waals surface area (Å²) in [5.41, 5.74) is 2.80. The molecule has 1 aliphatic rings. The molecule has 6 rings (SSSR count). The zero-order chi connectivity index (χ0) is 26.2. The molecule has 1 atom stereocenters. The van der Waals surface area contributed by atoms with Crippen LogP contribution < -0.4 is 5.32 Å².